The average molecular weight is 325 g/mol. The van der Waals surface area contributed by atoms with Gasteiger partial charge in [-0.15, -0.1) is 0 Å². The summed E-state index contributed by atoms with van der Waals surface area (Å²) in [6.45, 7) is 0. The number of nitrogens with one attached hydrogen (secondary N) is 1. The number of benzene rings is 2. The van der Waals surface area contributed by atoms with E-state index in [0.717, 1.165) is 5.56 Å². The smallest absolute Gasteiger partial charge is 0.124 e. The Morgan fingerprint density at radius 2 is 2.00 bits per heavy atom. The van der Waals surface area contributed by atoms with Crippen molar-refractivity contribution >= 4 is 28.9 Å². The van der Waals surface area contributed by atoms with E-state index in [1.165, 1.54) is 18.2 Å². The first-order valence-electron chi connectivity index (χ1n) is 6.30. The van der Waals surface area contributed by atoms with Gasteiger partial charge >= 0.3 is 0 Å². The van der Waals surface area contributed by atoms with Crippen LogP contribution in [-0.4, -0.2) is 10.8 Å². The van der Waals surface area contributed by atoms with Crippen molar-refractivity contribution in [2.75, 3.05) is 0 Å². The van der Waals surface area contributed by atoms with Crippen LogP contribution in [0, 0.1) is 5.82 Å². The number of nitrogens with zero attached hydrogens (tertiary/aromatic N) is 1. The molecule has 0 aliphatic carbocycles. The van der Waals surface area contributed by atoms with Gasteiger partial charge in [0, 0.05) is 22.0 Å². The van der Waals surface area contributed by atoms with Crippen LogP contribution in [0.2, 0.25) is 10.0 Å². The van der Waals surface area contributed by atoms with Crippen LogP contribution in [0.3, 0.4) is 0 Å². The monoisotopic (exact) mass is 324 g/mol. The second-order valence-corrected chi connectivity index (χ2v) is 5.62. The number of phenols is 1. The van der Waals surface area contributed by atoms with Gasteiger partial charge in [0.05, 0.1) is 11.8 Å². The van der Waals surface area contributed by atoms with Gasteiger partial charge in [-0.05, 0) is 35.9 Å². The van der Waals surface area contributed by atoms with Gasteiger partial charge in [-0.1, -0.05) is 29.3 Å². The topological polar surface area (TPSA) is 44.6 Å². The van der Waals surface area contributed by atoms with Gasteiger partial charge in [-0.25, -0.2) is 4.39 Å². The van der Waals surface area contributed by atoms with E-state index in [9.17, 15) is 9.50 Å². The second-order valence-electron chi connectivity index (χ2n) is 4.77. The van der Waals surface area contributed by atoms with Crippen molar-refractivity contribution in [3.63, 3.8) is 0 Å². The maximum absolute atomic E-state index is 13.3. The molecule has 3 nitrogen and oxygen atoms in total. The van der Waals surface area contributed by atoms with E-state index < -0.39 is 5.82 Å². The molecule has 0 amide bonds. The molecule has 1 aliphatic rings. The fourth-order valence-electron chi connectivity index (χ4n) is 2.31. The Bertz CT molecular complexity index is 734. The lowest BCUT2D eigenvalue weighted by Crippen LogP contribution is -2.10. The normalized spacial score (nSPS) is 17.5. The summed E-state index contributed by atoms with van der Waals surface area (Å²) in [7, 11) is 0. The van der Waals surface area contributed by atoms with E-state index in [1.54, 1.807) is 12.1 Å². The fourth-order valence-corrected chi connectivity index (χ4v) is 2.85. The molecule has 0 fully saturated rings. The van der Waals surface area contributed by atoms with Crippen molar-refractivity contribution < 1.29 is 9.50 Å². The average Bonchev–Trinajstić information content (AvgIpc) is 2.91. The van der Waals surface area contributed by atoms with Crippen LogP contribution in [0.5, 0.6) is 5.75 Å². The minimum absolute atomic E-state index is 0.000182. The van der Waals surface area contributed by atoms with Crippen LogP contribution in [-0.2, 0) is 0 Å². The molecule has 0 aromatic heterocycles. The molecule has 108 valence electrons. The van der Waals surface area contributed by atoms with Crippen molar-refractivity contribution in [2.24, 2.45) is 5.10 Å². The Balaban J connectivity index is 1.86. The molecule has 3 rings (SSSR count). The van der Waals surface area contributed by atoms with E-state index >= 15 is 0 Å². The molecular weight excluding hydrogens is 314 g/mol. The summed E-state index contributed by atoms with van der Waals surface area (Å²) in [6.07, 6.45) is 0.498. The highest BCUT2D eigenvalue weighted by molar-refractivity contribution is 6.35. The van der Waals surface area contributed by atoms with Crippen molar-refractivity contribution in [1.82, 2.24) is 5.43 Å². The molecule has 1 aliphatic heterocycles. The van der Waals surface area contributed by atoms with Crippen LogP contribution in [0.1, 0.15) is 23.6 Å². The molecule has 2 aromatic rings. The largest absolute Gasteiger partial charge is 0.507 e. The molecular formula is C15H11Cl2FN2O. The van der Waals surface area contributed by atoms with Crippen molar-refractivity contribution in [3.05, 3.63) is 63.4 Å². The number of phenolic OH excluding ortho intramolecular Hbond substituents is 1. The molecule has 1 heterocycles. The van der Waals surface area contributed by atoms with E-state index in [0.29, 0.717) is 27.7 Å². The van der Waals surface area contributed by atoms with Crippen LogP contribution >= 0.6 is 23.2 Å². The maximum atomic E-state index is 13.3. The van der Waals surface area contributed by atoms with Crippen LogP contribution in [0.25, 0.3) is 0 Å². The third kappa shape index (κ3) is 2.82. The Morgan fingerprint density at radius 3 is 2.76 bits per heavy atom. The molecule has 6 heteroatoms. The van der Waals surface area contributed by atoms with E-state index in [2.05, 4.69) is 10.5 Å². The Labute approximate surface area is 131 Å². The van der Waals surface area contributed by atoms with E-state index in [1.807, 2.05) is 6.07 Å². The lowest BCUT2D eigenvalue weighted by molar-refractivity contribution is 0.471. The molecule has 2 N–H and O–H groups in total. The summed E-state index contributed by atoms with van der Waals surface area (Å²) >= 11 is 12.1. The summed E-state index contributed by atoms with van der Waals surface area (Å²) in [5.41, 5.74) is 4.78. The SMILES string of the molecule is Oc1ccc(F)cc1C1=NNC(c2ccc(Cl)cc2Cl)C1. The Hall–Kier alpha value is -1.78. The Kier molecular flexibility index (Phi) is 3.74. The standard InChI is InChI=1S/C15H11Cl2FN2O/c16-8-1-3-10(12(17)5-8)13-7-14(20-19-13)11-6-9(18)2-4-15(11)21/h1-6,13,19,21H,7H2. The third-order valence-corrected chi connectivity index (χ3v) is 3.92. The summed E-state index contributed by atoms with van der Waals surface area (Å²) in [5.74, 6) is -0.418. The summed E-state index contributed by atoms with van der Waals surface area (Å²) in [6, 6.07) is 8.89. The van der Waals surface area contributed by atoms with Crippen molar-refractivity contribution in [3.8, 4) is 5.75 Å². The van der Waals surface area contributed by atoms with Gasteiger partial charge in [-0.3, -0.25) is 0 Å². The number of hydrogen-bond acceptors (Lipinski definition) is 3. The quantitative estimate of drug-likeness (QED) is 0.866. The molecule has 21 heavy (non-hydrogen) atoms. The molecule has 0 bridgehead atoms. The fraction of sp³-hybridized carbons (Fsp3) is 0.133. The summed E-state index contributed by atoms with van der Waals surface area (Å²) < 4.78 is 13.3. The predicted octanol–water partition coefficient (Wildman–Crippen LogP) is 4.28. The Morgan fingerprint density at radius 1 is 1.19 bits per heavy atom. The van der Waals surface area contributed by atoms with Crippen molar-refractivity contribution in [1.29, 1.82) is 0 Å². The van der Waals surface area contributed by atoms with Gasteiger partial charge in [0.1, 0.15) is 11.6 Å². The zero-order valence-electron chi connectivity index (χ0n) is 10.8. The zero-order chi connectivity index (χ0) is 15.0. The van der Waals surface area contributed by atoms with E-state index in [4.69, 9.17) is 23.2 Å². The molecule has 2 aromatic carbocycles. The maximum Gasteiger partial charge on any atom is 0.124 e. The molecule has 0 saturated carbocycles. The van der Waals surface area contributed by atoms with Crippen LogP contribution in [0.15, 0.2) is 41.5 Å². The second kappa shape index (κ2) is 5.54. The molecule has 0 saturated heterocycles. The lowest BCUT2D eigenvalue weighted by Gasteiger charge is -2.12. The molecule has 0 radical (unpaired) electrons. The first-order valence-corrected chi connectivity index (χ1v) is 7.06. The molecule has 0 spiro atoms. The van der Waals surface area contributed by atoms with E-state index in [-0.39, 0.29) is 11.8 Å². The zero-order valence-corrected chi connectivity index (χ0v) is 12.3. The van der Waals surface area contributed by atoms with Gasteiger partial charge in [-0.2, -0.15) is 5.10 Å². The first-order chi connectivity index (χ1) is 10.0. The van der Waals surface area contributed by atoms with Gasteiger partial charge in [0.25, 0.3) is 0 Å². The van der Waals surface area contributed by atoms with Gasteiger partial charge in [0.2, 0.25) is 0 Å². The van der Waals surface area contributed by atoms with Crippen LogP contribution in [0.4, 0.5) is 4.39 Å². The lowest BCUT2D eigenvalue weighted by atomic mass is 9.98. The number of hydrazone groups is 1. The third-order valence-electron chi connectivity index (χ3n) is 3.36. The van der Waals surface area contributed by atoms with Crippen molar-refractivity contribution in [2.45, 2.75) is 12.5 Å². The first kappa shape index (κ1) is 14.2. The van der Waals surface area contributed by atoms with Gasteiger partial charge in [0.15, 0.2) is 0 Å². The number of hydrogen-bond donors (Lipinski definition) is 2. The van der Waals surface area contributed by atoms with Crippen LogP contribution < -0.4 is 5.43 Å². The van der Waals surface area contributed by atoms with Gasteiger partial charge < -0.3 is 10.5 Å². The predicted molar refractivity (Wildman–Crippen MR) is 81.6 cm³/mol. The highest BCUT2D eigenvalue weighted by atomic mass is 35.5. The highest BCUT2D eigenvalue weighted by Crippen LogP contribution is 2.33. The minimum atomic E-state index is -0.418. The minimum Gasteiger partial charge on any atom is -0.507 e. The summed E-state index contributed by atoms with van der Waals surface area (Å²) in [5, 5.41) is 15.1. The number of rotatable bonds is 2. The molecule has 1 atom stereocenters. The summed E-state index contributed by atoms with van der Waals surface area (Å²) in [4.78, 5) is 0. The molecule has 1 unspecified atom stereocenters. The highest BCUT2D eigenvalue weighted by Gasteiger charge is 2.24. The number of halogens is 3. The number of aromatic hydroxyl groups is 1.